The number of aromatic nitrogens is 1. The second-order valence-corrected chi connectivity index (χ2v) is 6.56. The molecular formula is C24H21N3O4. The van der Waals surface area contributed by atoms with Gasteiger partial charge in [-0.15, -0.1) is 0 Å². The van der Waals surface area contributed by atoms with Crippen molar-refractivity contribution in [2.45, 2.75) is 6.54 Å². The molecule has 0 unspecified atom stereocenters. The topological polar surface area (TPSA) is 97.4 Å². The predicted molar refractivity (Wildman–Crippen MR) is 117 cm³/mol. The normalized spacial score (nSPS) is 10.5. The van der Waals surface area contributed by atoms with E-state index in [0.717, 1.165) is 5.56 Å². The van der Waals surface area contributed by atoms with E-state index in [1.807, 2.05) is 30.3 Å². The first-order valence-corrected chi connectivity index (χ1v) is 9.50. The van der Waals surface area contributed by atoms with E-state index in [9.17, 15) is 14.4 Å². The van der Waals surface area contributed by atoms with Gasteiger partial charge in [0.25, 0.3) is 5.91 Å². The lowest BCUT2D eigenvalue weighted by molar-refractivity contribution is -0.116. The second kappa shape index (κ2) is 10.5. The maximum absolute atomic E-state index is 12.4. The molecule has 2 aromatic carbocycles. The van der Waals surface area contributed by atoms with Crippen LogP contribution in [0, 0.1) is 0 Å². The van der Waals surface area contributed by atoms with E-state index >= 15 is 0 Å². The summed E-state index contributed by atoms with van der Waals surface area (Å²) in [7, 11) is 1.28. The third-order valence-electron chi connectivity index (χ3n) is 4.31. The van der Waals surface area contributed by atoms with Gasteiger partial charge in [-0.2, -0.15) is 0 Å². The molecule has 0 fully saturated rings. The molecule has 1 heterocycles. The smallest absolute Gasteiger partial charge is 0.337 e. The average Bonchev–Trinajstić information content (AvgIpc) is 2.82. The summed E-state index contributed by atoms with van der Waals surface area (Å²) in [6, 6.07) is 17.4. The van der Waals surface area contributed by atoms with Crippen LogP contribution in [0.4, 0.5) is 5.69 Å². The lowest BCUT2D eigenvalue weighted by atomic mass is 10.1. The van der Waals surface area contributed by atoms with E-state index in [1.165, 1.54) is 31.6 Å². The fraction of sp³-hybridized carbons (Fsp3) is 0.0833. The van der Waals surface area contributed by atoms with Gasteiger partial charge in [0.15, 0.2) is 0 Å². The maximum atomic E-state index is 12.4. The van der Waals surface area contributed by atoms with Crippen LogP contribution in [0.1, 0.15) is 31.8 Å². The van der Waals surface area contributed by atoms with Crippen LogP contribution in [-0.4, -0.2) is 29.9 Å². The van der Waals surface area contributed by atoms with Gasteiger partial charge < -0.3 is 15.4 Å². The number of amides is 2. The standard InChI is InChI=1S/C24H21N3O4/c1-31-24(30)20-13-18(16-26-22(28)8-7-17-5-3-2-4-6-17)14-21(15-20)27-23(29)19-9-11-25-12-10-19/h2-15H,16H2,1H3,(H,26,28)(H,27,29)/b8-7+. The molecule has 31 heavy (non-hydrogen) atoms. The van der Waals surface area contributed by atoms with Gasteiger partial charge >= 0.3 is 5.97 Å². The van der Waals surface area contributed by atoms with Crippen LogP contribution in [-0.2, 0) is 16.1 Å². The summed E-state index contributed by atoms with van der Waals surface area (Å²) in [4.78, 5) is 40.5. The molecular weight excluding hydrogens is 394 g/mol. The van der Waals surface area contributed by atoms with Crippen molar-refractivity contribution in [1.82, 2.24) is 10.3 Å². The van der Waals surface area contributed by atoms with Crippen LogP contribution in [0.2, 0.25) is 0 Å². The SMILES string of the molecule is COC(=O)c1cc(CNC(=O)/C=C/c2ccccc2)cc(NC(=O)c2ccncc2)c1. The van der Waals surface area contributed by atoms with Crippen molar-refractivity contribution in [1.29, 1.82) is 0 Å². The van der Waals surface area contributed by atoms with Crippen molar-refractivity contribution in [2.24, 2.45) is 0 Å². The second-order valence-electron chi connectivity index (χ2n) is 6.56. The van der Waals surface area contributed by atoms with E-state index in [4.69, 9.17) is 4.74 Å². The Morgan fingerprint density at radius 3 is 2.42 bits per heavy atom. The number of pyridine rings is 1. The number of carbonyl (C=O) groups is 3. The molecule has 0 aliphatic carbocycles. The Hall–Kier alpha value is -4.26. The van der Waals surface area contributed by atoms with Crippen LogP contribution >= 0.6 is 0 Å². The number of rotatable bonds is 7. The molecule has 7 nitrogen and oxygen atoms in total. The van der Waals surface area contributed by atoms with Gasteiger partial charge in [0.2, 0.25) is 5.91 Å². The lowest BCUT2D eigenvalue weighted by Crippen LogP contribution is -2.21. The van der Waals surface area contributed by atoms with Crippen molar-refractivity contribution in [3.8, 4) is 0 Å². The number of hydrogen-bond donors (Lipinski definition) is 2. The van der Waals surface area contributed by atoms with E-state index in [2.05, 4.69) is 15.6 Å². The van der Waals surface area contributed by atoms with Crippen LogP contribution in [0.3, 0.4) is 0 Å². The molecule has 0 radical (unpaired) electrons. The number of esters is 1. The molecule has 0 aliphatic rings. The number of nitrogens with one attached hydrogen (secondary N) is 2. The first kappa shape index (κ1) is 21.4. The Morgan fingerprint density at radius 2 is 1.71 bits per heavy atom. The fourth-order valence-corrected chi connectivity index (χ4v) is 2.79. The number of hydrogen-bond acceptors (Lipinski definition) is 5. The minimum atomic E-state index is -0.545. The Labute approximate surface area is 179 Å². The Kier molecular flexibility index (Phi) is 7.26. The molecule has 0 aliphatic heterocycles. The zero-order chi connectivity index (χ0) is 22.1. The first-order valence-electron chi connectivity index (χ1n) is 9.50. The van der Waals surface area contributed by atoms with Gasteiger partial charge in [-0.05, 0) is 47.5 Å². The van der Waals surface area contributed by atoms with E-state index < -0.39 is 5.97 Å². The minimum absolute atomic E-state index is 0.168. The summed E-state index contributed by atoms with van der Waals surface area (Å²) in [5.74, 6) is -1.17. The number of anilines is 1. The van der Waals surface area contributed by atoms with Crippen LogP contribution < -0.4 is 10.6 Å². The van der Waals surface area contributed by atoms with Crippen molar-refractivity contribution in [3.05, 3.63) is 101 Å². The Balaban J connectivity index is 1.72. The Bertz CT molecular complexity index is 1100. The van der Waals surface area contributed by atoms with Gasteiger partial charge in [0.1, 0.15) is 0 Å². The van der Waals surface area contributed by atoms with Gasteiger partial charge in [0.05, 0.1) is 12.7 Å². The highest BCUT2D eigenvalue weighted by atomic mass is 16.5. The summed E-state index contributed by atoms with van der Waals surface area (Å²) in [6.07, 6.45) is 6.18. The molecule has 2 N–H and O–H groups in total. The van der Waals surface area contributed by atoms with Gasteiger partial charge in [-0.25, -0.2) is 4.79 Å². The third kappa shape index (κ3) is 6.37. The highest BCUT2D eigenvalue weighted by Crippen LogP contribution is 2.17. The number of ether oxygens (including phenoxy) is 1. The number of methoxy groups -OCH3 is 1. The molecule has 2 amide bonds. The Morgan fingerprint density at radius 1 is 0.968 bits per heavy atom. The van der Waals surface area contributed by atoms with E-state index in [-0.39, 0.29) is 23.9 Å². The third-order valence-corrected chi connectivity index (χ3v) is 4.31. The maximum Gasteiger partial charge on any atom is 0.337 e. The minimum Gasteiger partial charge on any atom is -0.465 e. The van der Waals surface area contributed by atoms with Crippen molar-refractivity contribution in [3.63, 3.8) is 0 Å². The molecule has 1 aromatic heterocycles. The highest BCUT2D eigenvalue weighted by molar-refractivity contribution is 6.04. The van der Waals surface area contributed by atoms with Crippen LogP contribution in [0.25, 0.3) is 6.08 Å². The highest BCUT2D eigenvalue weighted by Gasteiger charge is 2.12. The summed E-state index contributed by atoms with van der Waals surface area (Å²) < 4.78 is 4.79. The van der Waals surface area contributed by atoms with Gasteiger partial charge in [0, 0.05) is 36.3 Å². The summed E-state index contributed by atoms with van der Waals surface area (Å²) >= 11 is 0. The van der Waals surface area contributed by atoms with E-state index in [1.54, 1.807) is 30.3 Å². The van der Waals surface area contributed by atoms with Crippen molar-refractivity contribution in [2.75, 3.05) is 12.4 Å². The molecule has 0 saturated heterocycles. The fourth-order valence-electron chi connectivity index (χ4n) is 2.79. The summed E-state index contributed by atoms with van der Waals surface area (Å²) in [5, 5.41) is 5.52. The molecule has 156 valence electrons. The average molecular weight is 415 g/mol. The summed E-state index contributed by atoms with van der Waals surface area (Å²) in [5.41, 5.74) is 2.65. The monoisotopic (exact) mass is 415 g/mol. The molecule has 7 heteroatoms. The van der Waals surface area contributed by atoms with Crippen LogP contribution in [0.15, 0.2) is 79.1 Å². The molecule has 0 bridgehead atoms. The molecule has 0 atom stereocenters. The predicted octanol–water partition coefficient (Wildman–Crippen LogP) is 3.45. The number of benzene rings is 2. The number of carbonyl (C=O) groups excluding carboxylic acids is 3. The molecule has 0 saturated carbocycles. The van der Waals surface area contributed by atoms with Gasteiger partial charge in [-0.3, -0.25) is 14.6 Å². The lowest BCUT2D eigenvalue weighted by Gasteiger charge is -2.11. The van der Waals surface area contributed by atoms with Gasteiger partial charge in [-0.1, -0.05) is 30.3 Å². The van der Waals surface area contributed by atoms with E-state index in [0.29, 0.717) is 16.8 Å². The van der Waals surface area contributed by atoms with Crippen molar-refractivity contribution >= 4 is 29.5 Å². The quantitative estimate of drug-likeness (QED) is 0.455. The summed E-state index contributed by atoms with van der Waals surface area (Å²) in [6.45, 7) is 0.168. The molecule has 0 spiro atoms. The zero-order valence-corrected chi connectivity index (χ0v) is 16.9. The van der Waals surface area contributed by atoms with Crippen LogP contribution in [0.5, 0.6) is 0 Å². The largest absolute Gasteiger partial charge is 0.465 e. The van der Waals surface area contributed by atoms with Crippen molar-refractivity contribution < 1.29 is 19.1 Å². The molecule has 3 aromatic rings. The molecule has 3 rings (SSSR count). The zero-order valence-electron chi connectivity index (χ0n) is 16.9. The first-order chi connectivity index (χ1) is 15.0. The number of nitrogens with zero attached hydrogens (tertiary/aromatic N) is 1.